The Morgan fingerprint density at radius 2 is 2.13 bits per heavy atom. The molecule has 0 heterocycles. The van der Waals surface area contributed by atoms with Gasteiger partial charge in [-0.3, -0.25) is 0 Å². The molecule has 84 valence electrons. The van der Waals surface area contributed by atoms with E-state index in [1.807, 2.05) is 12.1 Å². The lowest BCUT2D eigenvalue weighted by Gasteiger charge is -2.19. The van der Waals surface area contributed by atoms with Crippen LogP contribution in [0.5, 0.6) is 0 Å². The average Bonchev–Trinajstić information content (AvgIpc) is 2.22. The molecule has 15 heavy (non-hydrogen) atoms. The van der Waals surface area contributed by atoms with Crippen LogP contribution in [0.3, 0.4) is 0 Å². The number of hydrogen-bond acceptors (Lipinski definition) is 1. The molecular formula is C12H17BrClN. The van der Waals surface area contributed by atoms with E-state index in [9.17, 15) is 0 Å². The summed E-state index contributed by atoms with van der Waals surface area (Å²) in [5.41, 5.74) is 1.19. The highest BCUT2D eigenvalue weighted by Crippen LogP contribution is 2.31. The van der Waals surface area contributed by atoms with Gasteiger partial charge in [0, 0.05) is 10.5 Å². The minimum Gasteiger partial charge on any atom is -0.310 e. The molecule has 0 saturated carbocycles. The monoisotopic (exact) mass is 289 g/mol. The summed E-state index contributed by atoms with van der Waals surface area (Å²) in [7, 11) is 0. The van der Waals surface area contributed by atoms with Crippen LogP contribution in [0.2, 0.25) is 5.02 Å². The van der Waals surface area contributed by atoms with E-state index in [0.29, 0.717) is 6.04 Å². The Hall–Kier alpha value is -0.0500. The van der Waals surface area contributed by atoms with E-state index in [1.54, 1.807) is 0 Å². The molecule has 0 aromatic heterocycles. The Bertz CT molecular complexity index is 308. The molecule has 1 aromatic carbocycles. The van der Waals surface area contributed by atoms with Crippen molar-refractivity contribution in [2.45, 2.75) is 32.7 Å². The van der Waals surface area contributed by atoms with Crippen LogP contribution in [0, 0.1) is 0 Å². The van der Waals surface area contributed by atoms with Crippen molar-refractivity contribution in [3.63, 3.8) is 0 Å². The molecule has 0 fully saturated rings. The second kappa shape index (κ2) is 6.51. The molecule has 1 atom stereocenters. The number of hydrogen-bond donors (Lipinski definition) is 1. The third-order valence-electron chi connectivity index (χ3n) is 2.38. The van der Waals surface area contributed by atoms with Gasteiger partial charge in [0.25, 0.3) is 0 Å². The predicted molar refractivity (Wildman–Crippen MR) is 70.5 cm³/mol. The predicted octanol–water partition coefficient (Wildman–Crippen LogP) is 4.55. The fourth-order valence-corrected chi connectivity index (χ4v) is 2.33. The number of nitrogens with one attached hydrogen (secondary N) is 1. The lowest BCUT2D eigenvalue weighted by molar-refractivity contribution is 0.509. The molecule has 1 aromatic rings. The molecule has 0 aliphatic carbocycles. The SMILES string of the molecule is CCCC(NCC)c1cccc(Br)c1Cl. The number of halogens is 2. The first kappa shape index (κ1) is 13.0. The summed E-state index contributed by atoms with van der Waals surface area (Å²) in [5, 5.41) is 4.29. The third kappa shape index (κ3) is 3.47. The molecule has 1 unspecified atom stereocenters. The number of rotatable bonds is 5. The lowest BCUT2D eigenvalue weighted by Crippen LogP contribution is -2.21. The summed E-state index contributed by atoms with van der Waals surface area (Å²) in [6.45, 7) is 5.28. The van der Waals surface area contributed by atoms with Crippen molar-refractivity contribution >= 4 is 27.5 Å². The van der Waals surface area contributed by atoms with E-state index < -0.39 is 0 Å². The standard InChI is InChI=1S/C12H17BrClN/c1-3-6-11(15-4-2)9-7-5-8-10(13)12(9)14/h5,7-8,11,15H,3-4,6H2,1-2H3. The van der Waals surface area contributed by atoms with E-state index >= 15 is 0 Å². The van der Waals surface area contributed by atoms with Gasteiger partial charge in [-0.05, 0) is 40.5 Å². The zero-order chi connectivity index (χ0) is 11.3. The van der Waals surface area contributed by atoms with Gasteiger partial charge in [0.1, 0.15) is 0 Å². The highest BCUT2D eigenvalue weighted by atomic mass is 79.9. The zero-order valence-corrected chi connectivity index (χ0v) is 11.5. The zero-order valence-electron chi connectivity index (χ0n) is 9.19. The van der Waals surface area contributed by atoms with Crippen molar-refractivity contribution in [2.24, 2.45) is 0 Å². The second-order valence-electron chi connectivity index (χ2n) is 3.54. The van der Waals surface area contributed by atoms with Gasteiger partial charge >= 0.3 is 0 Å². The minimum absolute atomic E-state index is 0.366. The van der Waals surface area contributed by atoms with Crippen LogP contribution in [0.1, 0.15) is 38.3 Å². The normalized spacial score (nSPS) is 12.8. The smallest absolute Gasteiger partial charge is 0.0595 e. The Morgan fingerprint density at radius 1 is 1.40 bits per heavy atom. The highest BCUT2D eigenvalue weighted by molar-refractivity contribution is 9.10. The first-order valence-corrected chi connectivity index (χ1v) is 6.55. The van der Waals surface area contributed by atoms with E-state index in [-0.39, 0.29) is 0 Å². The maximum atomic E-state index is 6.27. The first-order valence-electron chi connectivity index (χ1n) is 5.38. The fraction of sp³-hybridized carbons (Fsp3) is 0.500. The van der Waals surface area contributed by atoms with E-state index in [0.717, 1.165) is 28.9 Å². The minimum atomic E-state index is 0.366. The van der Waals surface area contributed by atoms with Crippen LogP contribution >= 0.6 is 27.5 Å². The van der Waals surface area contributed by atoms with Gasteiger partial charge in [-0.25, -0.2) is 0 Å². The van der Waals surface area contributed by atoms with Gasteiger partial charge in [-0.15, -0.1) is 0 Å². The Morgan fingerprint density at radius 3 is 2.73 bits per heavy atom. The summed E-state index contributed by atoms with van der Waals surface area (Å²) < 4.78 is 0.973. The molecule has 3 heteroatoms. The summed E-state index contributed by atoms with van der Waals surface area (Å²) >= 11 is 9.73. The average molecular weight is 291 g/mol. The molecule has 0 spiro atoms. The van der Waals surface area contributed by atoms with Crippen LogP contribution < -0.4 is 5.32 Å². The molecule has 0 saturated heterocycles. The topological polar surface area (TPSA) is 12.0 Å². The molecule has 0 bridgehead atoms. The van der Waals surface area contributed by atoms with E-state index in [4.69, 9.17) is 11.6 Å². The lowest BCUT2D eigenvalue weighted by atomic mass is 10.0. The van der Waals surface area contributed by atoms with Gasteiger partial charge in [-0.1, -0.05) is 44.0 Å². The van der Waals surface area contributed by atoms with Gasteiger partial charge in [0.05, 0.1) is 5.02 Å². The van der Waals surface area contributed by atoms with Gasteiger partial charge in [0.15, 0.2) is 0 Å². The molecule has 1 N–H and O–H groups in total. The van der Waals surface area contributed by atoms with Crippen molar-refractivity contribution in [3.05, 3.63) is 33.3 Å². The first-order chi connectivity index (χ1) is 7.20. The molecule has 1 rings (SSSR count). The summed E-state index contributed by atoms with van der Waals surface area (Å²) in [6, 6.07) is 6.47. The van der Waals surface area contributed by atoms with Crippen LogP contribution in [-0.4, -0.2) is 6.54 Å². The van der Waals surface area contributed by atoms with Crippen molar-refractivity contribution < 1.29 is 0 Å². The van der Waals surface area contributed by atoms with Crippen molar-refractivity contribution in [1.29, 1.82) is 0 Å². The van der Waals surface area contributed by atoms with Gasteiger partial charge < -0.3 is 5.32 Å². The molecule has 0 aliphatic rings. The van der Waals surface area contributed by atoms with Gasteiger partial charge in [-0.2, -0.15) is 0 Å². The molecule has 1 nitrogen and oxygen atoms in total. The Labute approximate surface area is 105 Å². The van der Waals surface area contributed by atoms with E-state index in [2.05, 4.69) is 41.2 Å². The summed E-state index contributed by atoms with van der Waals surface area (Å²) in [6.07, 6.45) is 2.27. The van der Waals surface area contributed by atoms with Crippen LogP contribution in [0.4, 0.5) is 0 Å². The fourth-order valence-electron chi connectivity index (χ4n) is 1.69. The van der Waals surface area contributed by atoms with Crippen LogP contribution in [0.25, 0.3) is 0 Å². The molecule has 0 amide bonds. The maximum Gasteiger partial charge on any atom is 0.0595 e. The van der Waals surface area contributed by atoms with Crippen LogP contribution in [0.15, 0.2) is 22.7 Å². The Balaban J connectivity index is 2.94. The highest BCUT2D eigenvalue weighted by Gasteiger charge is 2.13. The third-order valence-corrected chi connectivity index (χ3v) is 3.70. The quantitative estimate of drug-likeness (QED) is 0.838. The van der Waals surface area contributed by atoms with E-state index in [1.165, 1.54) is 5.56 Å². The summed E-state index contributed by atoms with van der Waals surface area (Å²) in [5.74, 6) is 0. The largest absolute Gasteiger partial charge is 0.310 e. The summed E-state index contributed by atoms with van der Waals surface area (Å²) in [4.78, 5) is 0. The maximum absolute atomic E-state index is 6.27. The molecular weight excluding hydrogens is 273 g/mol. The van der Waals surface area contributed by atoms with Crippen molar-refractivity contribution in [3.8, 4) is 0 Å². The van der Waals surface area contributed by atoms with Crippen LogP contribution in [-0.2, 0) is 0 Å². The molecule has 0 radical (unpaired) electrons. The van der Waals surface area contributed by atoms with Crippen molar-refractivity contribution in [1.82, 2.24) is 5.32 Å². The molecule has 0 aliphatic heterocycles. The van der Waals surface area contributed by atoms with Crippen molar-refractivity contribution in [2.75, 3.05) is 6.54 Å². The van der Waals surface area contributed by atoms with Gasteiger partial charge in [0.2, 0.25) is 0 Å². The second-order valence-corrected chi connectivity index (χ2v) is 4.77. The number of benzene rings is 1. The Kier molecular flexibility index (Phi) is 5.65.